The fraction of sp³-hybridized carbons (Fsp3) is 0.625. The van der Waals surface area contributed by atoms with E-state index in [9.17, 15) is 4.79 Å². The number of hydrogen-bond acceptors (Lipinski definition) is 2. The Morgan fingerprint density at radius 2 is 2.42 bits per heavy atom. The van der Waals surface area contributed by atoms with Crippen molar-refractivity contribution in [3.05, 3.63) is 0 Å². The molecule has 68 valence electrons. The molecular weight excluding hydrogens is 269 g/mol. The zero-order chi connectivity index (χ0) is 9.40. The van der Waals surface area contributed by atoms with Gasteiger partial charge in [0.1, 0.15) is 0 Å². The van der Waals surface area contributed by atoms with Crippen molar-refractivity contribution >= 4 is 28.7 Å². The lowest BCUT2D eigenvalue weighted by Crippen LogP contribution is -2.14. The standard InChI is InChI=1S/C8H12INO2/c1-7(3-2-5-9)4-6-12-8(10)11/h7H,4-6H2,1H3,(H2,10,11). The summed E-state index contributed by atoms with van der Waals surface area (Å²) < 4.78 is 5.39. The molecule has 0 bridgehead atoms. The first-order chi connectivity index (χ1) is 5.66. The summed E-state index contributed by atoms with van der Waals surface area (Å²) >= 11 is 2.19. The third-order valence-electron chi connectivity index (χ3n) is 1.21. The van der Waals surface area contributed by atoms with Crippen LogP contribution in [0.25, 0.3) is 0 Å². The van der Waals surface area contributed by atoms with Gasteiger partial charge in [-0.05, 0) is 6.42 Å². The number of primary amides is 1. The van der Waals surface area contributed by atoms with Crippen molar-refractivity contribution in [2.24, 2.45) is 11.7 Å². The minimum Gasteiger partial charge on any atom is -0.450 e. The van der Waals surface area contributed by atoms with E-state index in [4.69, 9.17) is 5.73 Å². The molecule has 0 aliphatic rings. The molecule has 1 unspecified atom stereocenters. The zero-order valence-corrected chi connectivity index (χ0v) is 9.13. The molecule has 0 radical (unpaired) electrons. The van der Waals surface area contributed by atoms with Crippen LogP contribution in [-0.4, -0.2) is 17.1 Å². The average Bonchev–Trinajstić information content (AvgIpc) is 2.00. The van der Waals surface area contributed by atoms with E-state index in [0.717, 1.165) is 10.8 Å². The molecule has 3 nitrogen and oxygen atoms in total. The monoisotopic (exact) mass is 281 g/mol. The number of nitrogens with two attached hydrogens (primary N) is 1. The smallest absolute Gasteiger partial charge is 0.404 e. The highest BCUT2D eigenvalue weighted by Crippen LogP contribution is 1.99. The quantitative estimate of drug-likeness (QED) is 0.484. The lowest BCUT2D eigenvalue weighted by molar-refractivity contribution is 0.152. The molecule has 0 aromatic heterocycles. The van der Waals surface area contributed by atoms with Gasteiger partial charge in [0.15, 0.2) is 0 Å². The predicted molar refractivity (Wildman–Crippen MR) is 56.0 cm³/mol. The Morgan fingerprint density at radius 3 is 2.92 bits per heavy atom. The number of carbonyl (C=O) groups is 1. The zero-order valence-electron chi connectivity index (χ0n) is 6.97. The molecule has 0 rings (SSSR count). The maximum atomic E-state index is 10.2. The molecule has 1 amide bonds. The Hall–Kier alpha value is -0.440. The van der Waals surface area contributed by atoms with E-state index in [-0.39, 0.29) is 5.92 Å². The second-order valence-corrected chi connectivity index (χ2v) is 3.07. The van der Waals surface area contributed by atoms with Crippen LogP contribution in [0.15, 0.2) is 0 Å². The summed E-state index contributed by atoms with van der Waals surface area (Å²) in [7, 11) is 0. The van der Waals surface area contributed by atoms with Crippen molar-refractivity contribution < 1.29 is 9.53 Å². The van der Waals surface area contributed by atoms with Gasteiger partial charge in [-0.2, -0.15) is 0 Å². The van der Waals surface area contributed by atoms with E-state index < -0.39 is 6.09 Å². The second-order valence-electron chi connectivity index (χ2n) is 2.31. The molecule has 0 aromatic rings. The third-order valence-corrected chi connectivity index (χ3v) is 1.59. The number of carbonyl (C=O) groups excluding carboxylic acids is 1. The molecule has 0 aromatic carbocycles. The molecule has 0 aliphatic carbocycles. The molecule has 1 atom stereocenters. The highest BCUT2D eigenvalue weighted by molar-refractivity contribution is 14.1. The van der Waals surface area contributed by atoms with Gasteiger partial charge in [0.05, 0.1) is 11.0 Å². The van der Waals surface area contributed by atoms with Crippen molar-refractivity contribution in [2.75, 3.05) is 11.0 Å². The highest BCUT2D eigenvalue weighted by atomic mass is 127. The van der Waals surface area contributed by atoms with E-state index in [1.54, 1.807) is 0 Å². The summed E-state index contributed by atoms with van der Waals surface area (Å²) in [6.45, 7) is 2.34. The minimum atomic E-state index is -0.718. The Labute approximate surface area is 86.2 Å². The lowest BCUT2D eigenvalue weighted by atomic mass is 10.1. The Morgan fingerprint density at radius 1 is 1.75 bits per heavy atom. The number of halogens is 1. The molecule has 0 fully saturated rings. The topological polar surface area (TPSA) is 52.3 Å². The van der Waals surface area contributed by atoms with Gasteiger partial charge < -0.3 is 10.5 Å². The summed E-state index contributed by atoms with van der Waals surface area (Å²) in [6.07, 6.45) is 0.0242. The first-order valence-corrected chi connectivity index (χ1v) is 5.16. The Balaban J connectivity index is 3.43. The van der Waals surface area contributed by atoms with Crippen LogP contribution in [0.4, 0.5) is 4.79 Å². The summed E-state index contributed by atoms with van der Waals surface area (Å²) in [6, 6.07) is 0. The summed E-state index contributed by atoms with van der Waals surface area (Å²) in [5.41, 5.74) is 4.78. The first-order valence-electron chi connectivity index (χ1n) is 3.63. The van der Waals surface area contributed by atoms with Gasteiger partial charge in [0, 0.05) is 5.92 Å². The fourth-order valence-electron chi connectivity index (χ4n) is 0.621. The van der Waals surface area contributed by atoms with Crippen LogP contribution in [0.3, 0.4) is 0 Å². The van der Waals surface area contributed by atoms with Crippen LogP contribution in [0.5, 0.6) is 0 Å². The summed E-state index contributed by atoms with van der Waals surface area (Å²) in [5, 5.41) is 0. The average molecular weight is 281 g/mol. The molecule has 0 aliphatic heterocycles. The molecule has 0 heterocycles. The van der Waals surface area contributed by atoms with Crippen molar-refractivity contribution in [3.63, 3.8) is 0 Å². The SMILES string of the molecule is CC(C#CCI)CCOC(N)=O. The van der Waals surface area contributed by atoms with Crippen molar-refractivity contribution in [1.29, 1.82) is 0 Å². The maximum Gasteiger partial charge on any atom is 0.404 e. The van der Waals surface area contributed by atoms with Crippen LogP contribution in [0, 0.1) is 17.8 Å². The van der Waals surface area contributed by atoms with Crippen molar-refractivity contribution in [1.82, 2.24) is 0 Å². The predicted octanol–water partition coefficient (Wildman–Crippen LogP) is 1.55. The number of ether oxygens (including phenoxy) is 1. The minimum absolute atomic E-state index is 0.263. The molecule has 0 spiro atoms. The van der Waals surface area contributed by atoms with E-state index in [1.165, 1.54) is 0 Å². The molecular formula is C8H12INO2. The van der Waals surface area contributed by atoms with E-state index >= 15 is 0 Å². The van der Waals surface area contributed by atoms with Gasteiger partial charge in [-0.3, -0.25) is 0 Å². The van der Waals surface area contributed by atoms with Crippen molar-refractivity contribution in [2.45, 2.75) is 13.3 Å². The molecule has 0 saturated carbocycles. The fourth-order valence-corrected chi connectivity index (χ4v) is 0.841. The normalized spacial score (nSPS) is 11.2. The second kappa shape index (κ2) is 7.22. The van der Waals surface area contributed by atoms with Crippen LogP contribution in [0.1, 0.15) is 13.3 Å². The number of rotatable bonds is 3. The van der Waals surface area contributed by atoms with Crippen LogP contribution >= 0.6 is 22.6 Å². The van der Waals surface area contributed by atoms with Crippen LogP contribution in [-0.2, 0) is 4.74 Å². The van der Waals surface area contributed by atoms with E-state index in [1.807, 2.05) is 6.92 Å². The number of hydrogen-bond donors (Lipinski definition) is 1. The molecule has 0 saturated heterocycles. The highest BCUT2D eigenvalue weighted by Gasteiger charge is 1.98. The Kier molecular flexibility index (Phi) is 6.96. The third kappa shape index (κ3) is 7.66. The lowest BCUT2D eigenvalue weighted by Gasteiger charge is -2.02. The maximum absolute atomic E-state index is 10.2. The largest absolute Gasteiger partial charge is 0.450 e. The van der Waals surface area contributed by atoms with Gasteiger partial charge in [0.25, 0.3) is 0 Å². The van der Waals surface area contributed by atoms with Crippen molar-refractivity contribution in [3.8, 4) is 11.8 Å². The van der Waals surface area contributed by atoms with Gasteiger partial charge in [-0.15, -0.1) is 0 Å². The number of amides is 1. The van der Waals surface area contributed by atoms with Gasteiger partial charge in [-0.1, -0.05) is 41.4 Å². The molecule has 4 heteroatoms. The first kappa shape index (κ1) is 11.6. The molecule has 2 N–H and O–H groups in total. The Bertz CT molecular complexity index is 195. The van der Waals surface area contributed by atoms with E-state index in [2.05, 4.69) is 39.2 Å². The van der Waals surface area contributed by atoms with Gasteiger partial charge in [-0.25, -0.2) is 4.79 Å². The van der Waals surface area contributed by atoms with Crippen LogP contribution in [0.2, 0.25) is 0 Å². The molecule has 12 heavy (non-hydrogen) atoms. The van der Waals surface area contributed by atoms with E-state index in [0.29, 0.717) is 6.61 Å². The summed E-state index contributed by atoms with van der Waals surface area (Å²) in [4.78, 5) is 10.2. The van der Waals surface area contributed by atoms with Gasteiger partial charge >= 0.3 is 6.09 Å². The number of alkyl halides is 1. The summed E-state index contributed by atoms with van der Waals surface area (Å²) in [5.74, 6) is 6.23. The van der Waals surface area contributed by atoms with Crippen LogP contribution < -0.4 is 5.73 Å². The van der Waals surface area contributed by atoms with Gasteiger partial charge in [0.2, 0.25) is 0 Å².